The summed E-state index contributed by atoms with van der Waals surface area (Å²) in [6.45, 7) is 6.16. The van der Waals surface area contributed by atoms with Crippen LogP contribution in [-0.2, 0) is 9.47 Å². The Labute approximate surface area is 280 Å². The molecule has 5 rings (SSSR count). The average molecular weight is 619 g/mol. The van der Waals surface area contributed by atoms with Gasteiger partial charge in [0.1, 0.15) is 11.5 Å². The first-order chi connectivity index (χ1) is 22.8. The van der Waals surface area contributed by atoms with Gasteiger partial charge in [0.05, 0.1) is 25.0 Å². The molecule has 2 unspecified atom stereocenters. The van der Waals surface area contributed by atoms with Gasteiger partial charge in [-0.05, 0) is 58.4 Å². The van der Waals surface area contributed by atoms with E-state index in [1.54, 1.807) is 0 Å². The predicted molar refractivity (Wildman–Crippen MR) is 196 cm³/mol. The molecule has 0 amide bonds. The molecular formula is C44H58O2. The largest absolute Gasteiger partial charge is 0.497 e. The van der Waals surface area contributed by atoms with Crippen LogP contribution in [0.1, 0.15) is 162 Å². The summed E-state index contributed by atoms with van der Waals surface area (Å²) in [4.78, 5) is 0. The molecule has 2 heteroatoms. The molecule has 0 aliphatic heterocycles. The van der Waals surface area contributed by atoms with E-state index in [9.17, 15) is 0 Å². The molecule has 0 heterocycles. The van der Waals surface area contributed by atoms with Crippen molar-refractivity contribution in [3.63, 3.8) is 0 Å². The van der Waals surface area contributed by atoms with Crippen LogP contribution in [0.4, 0.5) is 0 Å². The van der Waals surface area contributed by atoms with E-state index in [1.807, 2.05) is 0 Å². The number of unbranched alkanes of at least 4 members (excludes halogenated alkanes) is 14. The van der Waals surface area contributed by atoms with Crippen molar-refractivity contribution in [3.05, 3.63) is 118 Å². The van der Waals surface area contributed by atoms with Crippen LogP contribution in [0.5, 0.6) is 0 Å². The summed E-state index contributed by atoms with van der Waals surface area (Å²) in [7, 11) is 0. The predicted octanol–water partition coefficient (Wildman–Crippen LogP) is 13.0. The average Bonchev–Trinajstić information content (AvgIpc) is 3.65. The highest BCUT2D eigenvalue weighted by Gasteiger charge is 2.31. The van der Waals surface area contributed by atoms with E-state index in [1.165, 1.54) is 123 Å². The summed E-state index contributed by atoms with van der Waals surface area (Å²) in [5, 5.41) is 0. The summed E-state index contributed by atoms with van der Waals surface area (Å²) in [5.41, 5.74) is 7.86. The third-order valence-corrected chi connectivity index (χ3v) is 9.91. The smallest absolute Gasteiger partial charge is 0.108 e. The highest BCUT2D eigenvalue weighted by atomic mass is 16.5. The Morgan fingerprint density at radius 1 is 0.413 bits per heavy atom. The molecule has 46 heavy (non-hydrogen) atoms. The van der Waals surface area contributed by atoms with E-state index < -0.39 is 0 Å². The molecule has 2 aliphatic rings. The van der Waals surface area contributed by atoms with Gasteiger partial charge in [0.2, 0.25) is 0 Å². The molecule has 0 N–H and O–H groups in total. The zero-order valence-corrected chi connectivity index (χ0v) is 28.8. The molecule has 3 aromatic rings. The topological polar surface area (TPSA) is 18.5 Å². The van der Waals surface area contributed by atoms with Gasteiger partial charge >= 0.3 is 0 Å². The molecule has 246 valence electrons. The van der Waals surface area contributed by atoms with Crippen LogP contribution < -0.4 is 0 Å². The molecule has 2 aliphatic carbocycles. The minimum absolute atomic E-state index is 0.156. The monoisotopic (exact) mass is 618 g/mol. The molecule has 0 saturated heterocycles. The first kappa shape index (κ1) is 34.1. The van der Waals surface area contributed by atoms with E-state index in [-0.39, 0.29) is 11.8 Å². The fourth-order valence-corrected chi connectivity index (χ4v) is 7.26. The summed E-state index contributed by atoms with van der Waals surface area (Å²) < 4.78 is 13.0. The van der Waals surface area contributed by atoms with Crippen LogP contribution >= 0.6 is 0 Å². The Balaban J connectivity index is 1.19. The molecule has 0 spiro atoms. The zero-order valence-electron chi connectivity index (χ0n) is 28.8. The van der Waals surface area contributed by atoms with Gasteiger partial charge in [0, 0.05) is 0 Å². The summed E-state index contributed by atoms with van der Waals surface area (Å²) in [6, 6.07) is 26.9. The van der Waals surface area contributed by atoms with Crippen molar-refractivity contribution in [1.82, 2.24) is 0 Å². The fourth-order valence-electron chi connectivity index (χ4n) is 7.26. The number of fused-ring (bicyclic) bond motifs is 2. The van der Waals surface area contributed by atoms with E-state index in [0.717, 1.165) is 37.6 Å². The van der Waals surface area contributed by atoms with Crippen LogP contribution in [0.3, 0.4) is 0 Å². The maximum atomic E-state index is 6.52. The Hall–Kier alpha value is -3.26. The minimum atomic E-state index is 0.156. The molecule has 2 atom stereocenters. The second-order valence-electron chi connectivity index (χ2n) is 13.5. The van der Waals surface area contributed by atoms with Crippen molar-refractivity contribution in [1.29, 1.82) is 0 Å². The molecule has 0 saturated carbocycles. The molecule has 0 radical (unpaired) electrons. The normalized spacial score (nSPS) is 16.6. The van der Waals surface area contributed by atoms with Crippen molar-refractivity contribution in [2.45, 2.75) is 128 Å². The van der Waals surface area contributed by atoms with Gasteiger partial charge in [-0.2, -0.15) is 0 Å². The third-order valence-electron chi connectivity index (χ3n) is 9.91. The third kappa shape index (κ3) is 9.40. The van der Waals surface area contributed by atoms with Gasteiger partial charge in [0.15, 0.2) is 0 Å². The van der Waals surface area contributed by atoms with Gasteiger partial charge in [-0.25, -0.2) is 0 Å². The Bertz CT molecular complexity index is 1270. The number of hydrogen-bond acceptors (Lipinski definition) is 2. The van der Waals surface area contributed by atoms with E-state index >= 15 is 0 Å². The maximum Gasteiger partial charge on any atom is 0.108 e. The van der Waals surface area contributed by atoms with E-state index in [2.05, 4.69) is 98.8 Å². The fraction of sp³-hybridized carbons (Fsp3) is 0.500. The number of ether oxygens (including phenoxy) is 2. The highest BCUT2D eigenvalue weighted by molar-refractivity contribution is 5.69. The molecule has 0 bridgehead atoms. The summed E-state index contributed by atoms with van der Waals surface area (Å²) >= 11 is 0. The van der Waals surface area contributed by atoms with Gasteiger partial charge in [-0.1, -0.05) is 177 Å². The minimum Gasteiger partial charge on any atom is -0.497 e. The van der Waals surface area contributed by atoms with Gasteiger partial charge < -0.3 is 9.47 Å². The van der Waals surface area contributed by atoms with Gasteiger partial charge in [-0.3, -0.25) is 0 Å². The van der Waals surface area contributed by atoms with Crippen LogP contribution in [0.2, 0.25) is 0 Å². The van der Waals surface area contributed by atoms with Crippen LogP contribution in [0.15, 0.2) is 84.3 Å². The summed E-state index contributed by atoms with van der Waals surface area (Å²) in [5.74, 6) is 2.50. The van der Waals surface area contributed by atoms with Crippen LogP contribution in [0, 0.1) is 0 Å². The zero-order chi connectivity index (χ0) is 31.8. The van der Waals surface area contributed by atoms with Crippen molar-refractivity contribution < 1.29 is 9.47 Å². The van der Waals surface area contributed by atoms with Crippen molar-refractivity contribution in [3.8, 4) is 0 Å². The van der Waals surface area contributed by atoms with E-state index in [4.69, 9.17) is 9.47 Å². The lowest BCUT2D eigenvalue weighted by atomic mass is 9.87. The van der Waals surface area contributed by atoms with Gasteiger partial charge in [0.25, 0.3) is 0 Å². The van der Waals surface area contributed by atoms with Gasteiger partial charge in [-0.15, -0.1) is 0 Å². The number of allylic oxidation sites excluding steroid dienone is 2. The Kier molecular flexibility index (Phi) is 13.9. The lowest BCUT2D eigenvalue weighted by Crippen LogP contribution is -2.08. The van der Waals surface area contributed by atoms with Crippen LogP contribution in [-0.4, -0.2) is 13.2 Å². The Morgan fingerprint density at radius 2 is 0.761 bits per heavy atom. The lowest BCUT2D eigenvalue weighted by Gasteiger charge is -2.21. The van der Waals surface area contributed by atoms with Crippen molar-refractivity contribution in [2.75, 3.05) is 13.2 Å². The number of benzene rings is 3. The molecule has 0 fully saturated rings. The highest BCUT2D eigenvalue weighted by Crippen LogP contribution is 2.44. The van der Waals surface area contributed by atoms with Crippen molar-refractivity contribution in [2.24, 2.45) is 0 Å². The second-order valence-corrected chi connectivity index (χ2v) is 13.5. The van der Waals surface area contributed by atoms with Crippen molar-refractivity contribution >= 4 is 12.2 Å². The number of hydrogen-bond donors (Lipinski definition) is 0. The quantitative estimate of drug-likeness (QED) is 0.104. The maximum absolute atomic E-state index is 6.52. The Morgan fingerprint density at radius 3 is 1.15 bits per heavy atom. The molecule has 0 aromatic heterocycles. The first-order valence-corrected chi connectivity index (χ1v) is 18.8. The SMILES string of the molecule is CCCCCCCCCCOC1=Cc2ccccc2C1c1ccc(C2C(OCCCCCCCCCC)=Cc3ccccc32)cc1. The van der Waals surface area contributed by atoms with E-state index in [0.29, 0.717) is 0 Å². The number of rotatable bonds is 22. The van der Waals surface area contributed by atoms with Crippen LogP contribution in [0.25, 0.3) is 12.2 Å². The summed E-state index contributed by atoms with van der Waals surface area (Å²) in [6.07, 6.45) is 25.6. The first-order valence-electron chi connectivity index (χ1n) is 18.8. The standard InChI is InChI=1S/C44H58O2/c1-3-5-7-9-11-13-15-21-31-45-41-33-37-23-17-19-25-39(37)43(41)35-27-29-36(30-28-35)44-40-26-20-18-24-38(40)34-42(44)46-32-22-16-14-12-10-8-6-4-2/h17-20,23-30,33-34,43-44H,3-16,21-22,31-32H2,1-2H3. The molecular weight excluding hydrogens is 560 g/mol. The second kappa shape index (κ2) is 18.8. The lowest BCUT2D eigenvalue weighted by molar-refractivity contribution is 0.196. The molecule has 3 aromatic carbocycles. The molecule has 2 nitrogen and oxygen atoms in total.